The highest BCUT2D eigenvalue weighted by atomic mass is 16.7. The summed E-state index contributed by atoms with van der Waals surface area (Å²) in [5, 5.41) is 167. The van der Waals surface area contributed by atoms with E-state index in [4.69, 9.17) is 28.4 Å². The number of hydrogen-bond donors (Lipinski definition) is 16. The molecule has 0 radical (unpaired) electrons. The van der Waals surface area contributed by atoms with Crippen LogP contribution in [0.4, 0.5) is 0 Å². The predicted octanol–water partition coefficient (Wildman–Crippen LogP) is -0.0353. The number of aliphatic hydroxyl groups excluding tert-OH is 5. The Hall–Kier alpha value is -7.72. The highest BCUT2D eigenvalue weighted by molar-refractivity contribution is 6.02. The molecule has 2 fully saturated rings. The minimum Gasteiger partial charge on any atom is -0.507 e. The molecule has 378 valence electrons. The number of ether oxygens (including phenoxy) is 6. The lowest BCUT2D eigenvalue weighted by molar-refractivity contribution is -0.277. The lowest BCUT2D eigenvalue weighted by Crippen LogP contribution is -2.60. The number of phenols is 11. The van der Waals surface area contributed by atoms with Crippen molar-refractivity contribution in [3.63, 3.8) is 0 Å². The topological polar surface area (TPSA) is 447 Å². The SMILES string of the molecule is CC(C)CC(=O)c1c(O[C@@H]2O[C@H](COC(=O)c3cc(O)c(O)c(O)c3)[C@@H](O)[C@H](O)[C@H]2O)cc(O)c([C@@H]2O[C@H](COC(=O)c3cc(O)c(O)c(O)c3)[C@@H](OC(=O)c3cc(O)c(O)c(O)c3)[C@H](O)[C@H]2O)c1O. The Balaban J connectivity index is 1.33. The molecule has 2 aliphatic rings. The third-order valence-electron chi connectivity index (χ3n) is 11.0. The second-order valence-corrected chi connectivity index (χ2v) is 16.4. The maximum atomic E-state index is 13.9. The van der Waals surface area contributed by atoms with Crippen LogP contribution in [0.5, 0.6) is 69.0 Å². The van der Waals surface area contributed by atoms with E-state index >= 15 is 0 Å². The number of benzene rings is 4. The first-order chi connectivity index (χ1) is 32.8. The Labute approximate surface area is 392 Å². The van der Waals surface area contributed by atoms with Crippen LogP contribution in [0.3, 0.4) is 0 Å². The molecular formula is C44H46O26. The quantitative estimate of drug-likeness (QED) is 0.0341. The summed E-state index contributed by atoms with van der Waals surface area (Å²) in [5.74, 6) is -17.1. The number of carbonyl (C=O) groups is 4. The summed E-state index contributed by atoms with van der Waals surface area (Å²) in [6, 6.07) is 4.80. The van der Waals surface area contributed by atoms with E-state index < -0.39 is 201 Å². The molecular weight excluding hydrogens is 944 g/mol. The number of esters is 3. The number of Topliss-reactive ketones (excluding diaryl/α,β-unsaturated/α-hetero) is 1. The fraction of sp³-hybridized carbons (Fsp3) is 0.364. The van der Waals surface area contributed by atoms with Crippen molar-refractivity contribution in [2.24, 2.45) is 5.92 Å². The zero-order valence-corrected chi connectivity index (χ0v) is 36.3. The van der Waals surface area contributed by atoms with Crippen molar-refractivity contribution in [2.45, 2.75) is 81.5 Å². The average molecular weight is 991 g/mol. The van der Waals surface area contributed by atoms with Gasteiger partial charge in [0.05, 0.1) is 22.3 Å². The van der Waals surface area contributed by atoms with E-state index in [-0.39, 0.29) is 6.42 Å². The lowest BCUT2D eigenvalue weighted by Gasteiger charge is -2.42. The summed E-state index contributed by atoms with van der Waals surface area (Å²) in [6.07, 6.45) is -21.4. The van der Waals surface area contributed by atoms with Crippen LogP contribution < -0.4 is 4.74 Å². The van der Waals surface area contributed by atoms with Crippen LogP contribution >= 0.6 is 0 Å². The van der Waals surface area contributed by atoms with Crippen molar-refractivity contribution in [1.29, 1.82) is 0 Å². The number of rotatable bonds is 14. The molecule has 0 bridgehead atoms. The van der Waals surface area contributed by atoms with Crippen molar-refractivity contribution in [3.05, 3.63) is 70.3 Å². The zero-order valence-electron chi connectivity index (χ0n) is 36.3. The van der Waals surface area contributed by atoms with Crippen LogP contribution in [0, 0.1) is 5.92 Å². The molecule has 0 amide bonds. The number of hydrogen-bond acceptors (Lipinski definition) is 26. The van der Waals surface area contributed by atoms with Crippen LogP contribution in [-0.4, -0.2) is 174 Å². The first kappa shape index (κ1) is 51.7. The van der Waals surface area contributed by atoms with Crippen molar-refractivity contribution in [2.75, 3.05) is 13.2 Å². The summed E-state index contributed by atoms with van der Waals surface area (Å²) >= 11 is 0. The molecule has 2 heterocycles. The van der Waals surface area contributed by atoms with E-state index in [9.17, 15) is 101 Å². The third kappa shape index (κ3) is 10.5. The third-order valence-corrected chi connectivity index (χ3v) is 11.0. The van der Waals surface area contributed by atoms with Gasteiger partial charge in [-0.1, -0.05) is 13.8 Å². The fourth-order valence-electron chi connectivity index (χ4n) is 7.34. The minimum atomic E-state index is -2.35. The molecule has 0 unspecified atom stereocenters. The Morgan fingerprint density at radius 2 is 0.957 bits per heavy atom. The van der Waals surface area contributed by atoms with Gasteiger partial charge in [-0.3, -0.25) is 4.79 Å². The van der Waals surface area contributed by atoms with E-state index in [0.29, 0.717) is 30.3 Å². The Morgan fingerprint density at radius 3 is 1.41 bits per heavy atom. The van der Waals surface area contributed by atoms with Gasteiger partial charge in [-0.2, -0.15) is 0 Å². The molecule has 0 saturated carbocycles. The predicted molar refractivity (Wildman–Crippen MR) is 225 cm³/mol. The van der Waals surface area contributed by atoms with Crippen LogP contribution in [0.25, 0.3) is 0 Å². The lowest BCUT2D eigenvalue weighted by atomic mass is 9.88. The molecule has 26 heteroatoms. The average Bonchev–Trinajstić information content (AvgIpc) is 3.29. The second kappa shape index (κ2) is 20.5. The van der Waals surface area contributed by atoms with E-state index in [1.807, 2.05) is 0 Å². The number of phenolic OH excluding ortho intramolecular Hbond substituents is 11. The van der Waals surface area contributed by atoms with Gasteiger partial charge in [0.25, 0.3) is 0 Å². The van der Waals surface area contributed by atoms with Gasteiger partial charge in [-0.15, -0.1) is 0 Å². The number of aromatic hydroxyl groups is 11. The van der Waals surface area contributed by atoms with Crippen LogP contribution in [0.1, 0.15) is 73.4 Å². The van der Waals surface area contributed by atoms with Gasteiger partial charge in [-0.25, -0.2) is 14.4 Å². The largest absolute Gasteiger partial charge is 0.507 e. The first-order valence-corrected chi connectivity index (χ1v) is 20.6. The molecule has 0 aromatic heterocycles. The summed E-state index contributed by atoms with van der Waals surface area (Å²) in [6.45, 7) is 1.20. The van der Waals surface area contributed by atoms with Gasteiger partial charge < -0.3 is 110 Å². The van der Waals surface area contributed by atoms with Gasteiger partial charge >= 0.3 is 17.9 Å². The second-order valence-electron chi connectivity index (χ2n) is 16.4. The Morgan fingerprint density at radius 1 is 0.514 bits per heavy atom. The number of carbonyl (C=O) groups excluding carboxylic acids is 4. The van der Waals surface area contributed by atoms with Gasteiger partial charge in [-0.05, 0) is 42.3 Å². The fourth-order valence-corrected chi connectivity index (χ4v) is 7.34. The van der Waals surface area contributed by atoms with Crippen LogP contribution in [0.15, 0.2) is 42.5 Å². The molecule has 26 nitrogen and oxygen atoms in total. The number of ketones is 1. The van der Waals surface area contributed by atoms with Gasteiger partial charge in [0.2, 0.25) is 6.29 Å². The molecule has 4 aromatic rings. The zero-order chi connectivity index (χ0) is 51.8. The molecule has 70 heavy (non-hydrogen) atoms. The molecule has 2 saturated heterocycles. The highest BCUT2D eigenvalue weighted by Crippen LogP contribution is 2.48. The van der Waals surface area contributed by atoms with E-state index in [2.05, 4.69) is 0 Å². The molecule has 4 aromatic carbocycles. The first-order valence-electron chi connectivity index (χ1n) is 20.6. The standard InChI is InChI=1S/C44H46O26/c1-13(2)3-17(45)28-25(68-44-38(61)35(58)33(56)26(69-44)11-65-41(62)14-4-19(47)30(53)20(48)5-14)10-18(46)29(34(28)57)40-37(60)36(59)39(70-43(64)16-8-23(51)32(55)24(52)9-16)27(67-40)12-66-42(63)15-6-21(49)31(54)22(50)7-15/h4-10,13,26-27,33,35-40,44,46-61H,3,11-12H2,1-2H3/t26-,27-,33-,35+,36-,37-,38-,39-,40+,44-/m1/s1. The van der Waals surface area contributed by atoms with E-state index in [1.165, 1.54) is 0 Å². The van der Waals surface area contributed by atoms with Gasteiger partial charge in [0.1, 0.15) is 84.9 Å². The molecule has 0 spiro atoms. The normalized spacial score (nSPS) is 24.4. The summed E-state index contributed by atoms with van der Waals surface area (Å²) < 4.78 is 32.9. The van der Waals surface area contributed by atoms with Gasteiger partial charge in [0.15, 0.2) is 63.6 Å². The summed E-state index contributed by atoms with van der Waals surface area (Å²) in [7, 11) is 0. The van der Waals surface area contributed by atoms with E-state index in [1.54, 1.807) is 13.8 Å². The molecule has 0 aliphatic carbocycles. The van der Waals surface area contributed by atoms with Gasteiger partial charge in [0, 0.05) is 12.5 Å². The van der Waals surface area contributed by atoms with Crippen LogP contribution in [0.2, 0.25) is 0 Å². The minimum absolute atomic E-state index is 0.372. The Bertz CT molecular complexity index is 2600. The van der Waals surface area contributed by atoms with Crippen molar-refractivity contribution < 1.29 is 129 Å². The maximum absolute atomic E-state index is 13.9. The summed E-state index contributed by atoms with van der Waals surface area (Å²) in [4.78, 5) is 53.0. The number of aliphatic hydroxyl groups is 5. The van der Waals surface area contributed by atoms with Crippen molar-refractivity contribution in [3.8, 4) is 69.0 Å². The van der Waals surface area contributed by atoms with Crippen molar-refractivity contribution >= 4 is 23.7 Å². The van der Waals surface area contributed by atoms with E-state index in [0.717, 1.165) is 12.1 Å². The maximum Gasteiger partial charge on any atom is 0.338 e. The molecule has 16 N–H and O–H groups in total. The smallest absolute Gasteiger partial charge is 0.338 e. The molecule has 10 atom stereocenters. The van der Waals surface area contributed by atoms with Crippen LogP contribution in [-0.2, 0) is 23.7 Å². The highest BCUT2D eigenvalue weighted by Gasteiger charge is 2.51. The monoisotopic (exact) mass is 990 g/mol. The molecule has 6 rings (SSSR count). The van der Waals surface area contributed by atoms with Crippen molar-refractivity contribution in [1.82, 2.24) is 0 Å². The Kier molecular flexibility index (Phi) is 15.1. The molecule has 2 aliphatic heterocycles. The summed E-state index contributed by atoms with van der Waals surface area (Å²) in [5.41, 5.74) is -3.35.